The first-order valence-corrected chi connectivity index (χ1v) is 5.27. The van der Waals surface area contributed by atoms with Crippen LogP contribution in [0.25, 0.3) is 5.95 Å². The van der Waals surface area contributed by atoms with Crippen LogP contribution in [0.5, 0.6) is 0 Å². The lowest BCUT2D eigenvalue weighted by molar-refractivity contribution is 0.669. The van der Waals surface area contributed by atoms with Crippen LogP contribution in [0.1, 0.15) is 18.8 Å². The molecule has 0 bridgehead atoms. The lowest BCUT2D eigenvalue weighted by Gasteiger charge is -2.05. The molecule has 2 heterocycles. The van der Waals surface area contributed by atoms with E-state index in [1.807, 2.05) is 25.9 Å². The van der Waals surface area contributed by atoms with Gasteiger partial charge in [-0.05, 0) is 13.0 Å². The molecule has 0 aromatic carbocycles. The van der Waals surface area contributed by atoms with Gasteiger partial charge in [0, 0.05) is 26.5 Å². The summed E-state index contributed by atoms with van der Waals surface area (Å²) in [4.78, 5) is 14.4. The van der Waals surface area contributed by atoms with Crippen molar-refractivity contribution in [3.8, 4) is 5.95 Å². The second kappa shape index (κ2) is 4.46. The fraction of sp³-hybridized carbons (Fsp3) is 0.400. The van der Waals surface area contributed by atoms with E-state index in [-0.39, 0.29) is 6.04 Å². The van der Waals surface area contributed by atoms with Crippen LogP contribution < -0.4 is 10.6 Å². The van der Waals surface area contributed by atoms with Gasteiger partial charge in [0.05, 0.1) is 6.04 Å². The van der Waals surface area contributed by atoms with E-state index in [9.17, 15) is 0 Å². The maximum atomic E-state index is 5.87. The summed E-state index contributed by atoms with van der Waals surface area (Å²) in [7, 11) is 3.74. The van der Waals surface area contributed by atoms with Gasteiger partial charge in [-0.1, -0.05) is 0 Å². The molecule has 2 rings (SSSR count). The average molecular weight is 233 g/mol. The molecule has 2 aromatic heterocycles. The van der Waals surface area contributed by atoms with E-state index >= 15 is 0 Å². The van der Waals surface area contributed by atoms with E-state index in [0.29, 0.717) is 17.7 Å². The normalized spacial score (nSPS) is 12.5. The van der Waals surface area contributed by atoms with Crippen LogP contribution in [0.4, 0.5) is 5.95 Å². The Balaban J connectivity index is 2.52. The maximum Gasteiger partial charge on any atom is 0.252 e. The molecule has 0 radical (unpaired) electrons. The molecule has 2 N–H and O–H groups in total. The van der Waals surface area contributed by atoms with E-state index in [4.69, 9.17) is 5.73 Å². The Kier molecular flexibility index (Phi) is 3.01. The summed E-state index contributed by atoms with van der Waals surface area (Å²) in [6.07, 6.45) is 3.31. The predicted octanol–water partition coefficient (Wildman–Crippen LogP) is 0.143. The van der Waals surface area contributed by atoms with Crippen molar-refractivity contribution in [2.75, 3.05) is 19.0 Å². The third kappa shape index (κ3) is 2.23. The van der Waals surface area contributed by atoms with Gasteiger partial charge in [0.15, 0.2) is 5.82 Å². The number of nitrogens with two attached hydrogens (primary N) is 1. The minimum atomic E-state index is -0.236. The first kappa shape index (κ1) is 11.5. The number of anilines is 1. The first-order chi connectivity index (χ1) is 8.09. The molecule has 2 aromatic rings. The molecule has 0 aliphatic carbocycles. The van der Waals surface area contributed by atoms with Crippen molar-refractivity contribution in [3.05, 3.63) is 24.3 Å². The van der Waals surface area contributed by atoms with Crippen molar-refractivity contribution in [1.29, 1.82) is 0 Å². The molecule has 7 heteroatoms. The molecule has 0 saturated carbocycles. The zero-order chi connectivity index (χ0) is 12.4. The van der Waals surface area contributed by atoms with Crippen molar-refractivity contribution < 1.29 is 0 Å². The molecular weight excluding hydrogens is 218 g/mol. The number of hydrogen-bond donors (Lipinski definition) is 1. The molecule has 0 fully saturated rings. The zero-order valence-electron chi connectivity index (χ0n) is 10.1. The van der Waals surface area contributed by atoms with Gasteiger partial charge in [0.1, 0.15) is 0 Å². The molecule has 0 amide bonds. The van der Waals surface area contributed by atoms with Crippen LogP contribution in [0.15, 0.2) is 18.5 Å². The highest BCUT2D eigenvalue weighted by Gasteiger charge is 2.17. The minimum Gasteiger partial charge on any atom is -0.346 e. The van der Waals surface area contributed by atoms with Crippen LogP contribution in [0.2, 0.25) is 0 Å². The van der Waals surface area contributed by atoms with E-state index < -0.39 is 0 Å². The molecule has 0 spiro atoms. The summed E-state index contributed by atoms with van der Waals surface area (Å²) in [5.74, 6) is 1.70. The Morgan fingerprint density at radius 3 is 2.47 bits per heavy atom. The van der Waals surface area contributed by atoms with E-state index in [0.717, 1.165) is 0 Å². The SMILES string of the molecule is C[C@H](N)c1nc(N(C)C)nn1-c1ncccn1. The number of nitrogens with zero attached hydrogens (tertiary/aromatic N) is 6. The Labute approximate surface area is 99.3 Å². The second-order valence-electron chi connectivity index (χ2n) is 3.91. The van der Waals surface area contributed by atoms with Gasteiger partial charge < -0.3 is 10.6 Å². The molecular formula is C10H15N7. The third-order valence-electron chi connectivity index (χ3n) is 2.17. The lowest BCUT2D eigenvalue weighted by Crippen LogP contribution is -2.14. The van der Waals surface area contributed by atoms with Gasteiger partial charge in [-0.15, -0.1) is 5.10 Å². The quantitative estimate of drug-likeness (QED) is 0.811. The van der Waals surface area contributed by atoms with Crippen LogP contribution >= 0.6 is 0 Å². The molecule has 17 heavy (non-hydrogen) atoms. The minimum absolute atomic E-state index is 0.236. The third-order valence-corrected chi connectivity index (χ3v) is 2.17. The molecule has 1 atom stereocenters. The fourth-order valence-electron chi connectivity index (χ4n) is 1.34. The topological polar surface area (TPSA) is 85.8 Å². The zero-order valence-corrected chi connectivity index (χ0v) is 10.1. The number of rotatable bonds is 3. The largest absolute Gasteiger partial charge is 0.346 e. The molecule has 0 saturated heterocycles. The summed E-state index contributed by atoms with van der Waals surface area (Å²) >= 11 is 0. The predicted molar refractivity (Wildman–Crippen MR) is 63.9 cm³/mol. The van der Waals surface area contributed by atoms with Gasteiger partial charge in [0.25, 0.3) is 5.95 Å². The van der Waals surface area contributed by atoms with Gasteiger partial charge in [-0.25, -0.2) is 9.97 Å². The monoisotopic (exact) mass is 233 g/mol. The second-order valence-corrected chi connectivity index (χ2v) is 3.91. The fourth-order valence-corrected chi connectivity index (χ4v) is 1.34. The molecule has 7 nitrogen and oxygen atoms in total. The number of hydrogen-bond acceptors (Lipinski definition) is 6. The summed E-state index contributed by atoms with van der Waals surface area (Å²) in [5, 5.41) is 4.33. The van der Waals surface area contributed by atoms with Gasteiger partial charge >= 0.3 is 0 Å². The maximum absolute atomic E-state index is 5.87. The van der Waals surface area contributed by atoms with Crippen LogP contribution in [-0.2, 0) is 0 Å². The van der Waals surface area contributed by atoms with E-state index in [1.54, 1.807) is 23.1 Å². The average Bonchev–Trinajstić information content (AvgIpc) is 2.75. The smallest absolute Gasteiger partial charge is 0.252 e. The van der Waals surface area contributed by atoms with E-state index in [2.05, 4.69) is 20.1 Å². The Hall–Kier alpha value is -2.02. The Morgan fingerprint density at radius 1 is 1.29 bits per heavy atom. The highest BCUT2D eigenvalue weighted by Crippen LogP contribution is 2.14. The van der Waals surface area contributed by atoms with Crippen molar-refractivity contribution >= 4 is 5.95 Å². The van der Waals surface area contributed by atoms with Crippen molar-refractivity contribution in [1.82, 2.24) is 24.7 Å². The van der Waals surface area contributed by atoms with E-state index in [1.165, 1.54) is 0 Å². The molecule has 90 valence electrons. The summed E-state index contributed by atoms with van der Waals surface area (Å²) < 4.78 is 1.57. The van der Waals surface area contributed by atoms with Crippen LogP contribution in [0, 0.1) is 0 Å². The van der Waals surface area contributed by atoms with Crippen molar-refractivity contribution in [3.63, 3.8) is 0 Å². The van der Waals surface area contributed by atoms with Crippen LogP contribution in [0.3, 0.4) is 0 Å². The van der Waals surface area contributed by atoms with Gasteiger partial charge in [0.2, 0.25) is 5.95 Å². The molecule has 0 aliphatic rings. The molecule has 0 aliphatic heterocycles. The highest BCUT2D eigenvalue weighted by atomic mass is 15.5. The standard InChI is InChI=1S/C10H15N7/c1-7(11)8-14-10(16(2)3)15-17(8)9-12-5-4-6-13-9/h4-7H,11H2,1-3H3/t7-/m0/s1. The number of aromatic nitrogens is 5. The first-order valence-electron chi connectivity index (χ1n) is 5.27. The van der Waals surface area contributed by atoms with Crippen LogP contribution in [-0.4, -0.2) is 38.8 Å². The lowest BCUT2D eigenvalue weighted by atomic mass is 10.3. The summed E-state index contributed by atoms with van der Waals surface area (Å²) in [5.41, 5.74) is 5.87. The Bertz CT molecular complexity index is 489. The summed E-state index contributed by atoms with van der Waals surface area (Å²) in [6.45, 7) is 1.85. The highest BCUT2D eigenvalue weighted by molar-refractivity contribution is 5.29. The summed E-state index contributed by atoms with van der Waals surface area (Å²) in [6, 6.07) is 1.51. The van der Waals surface area contributed by atoms with Crippen molar-refractivity contribution in [2.24, 2.45) is 5.73 Å². The molecule has 0 unspecified atom stereocenters. The Morgan fingerprint density at radius 2 is 1.94 bits per heavy atom. The van der Waals surface area contributed by atoms with Gasteiger partial charge in [-0.2, -0.15) is 9.67 Å². The van der Waals surface area contributed by atoms with Crippen molar-refractivity contribution in [2.45, 2.75) is 13.0 Å². The van der Waals surface area contributed by atoms with Gasteiger partial charge in [-0.3, -0.25) is 0 Å².